The van der Waals surface area contributed by atoms with Gasteiger partial charge in [0, 0.05) is 19.0 Å². The van der Waals surface area contributed by atoms with E-state index in [0.29, 0.717) is 25.5 Å². The highest BCUT2D eigenvalue weighted by Gasteiger charge is 2.31. The van der Waals surface area contributed by atoms with Crippen LogP contribution in [0.1, 0.15) is 24.8 Å². The number of ketones is 1. The Morgan fingerprint density at radius 1 is 1.41 bits per heavy atom. The van der Waals surface area contributed by atoms with E-state index < -0.39 is 11.7 Å². The number of allylic oxidation sites excluding steroid dienone is 2. The van der Waals surface area contributed by atoms with Crippen LogP contribution in [0.3, 0.4) is 0 Å². The number of carbonyl (C=O) groups is 1. The predicted octanol–water partition coefficient (Wildman–Crippen LogP) is 3.72. The molecule has 0 saturated heterocycles. The number of nitrogens with zero attached hydrogens (tertiary/aromatic N) is 2. The van der Waals surface area contributed by atoms with Crippen molar-refractivity contribution in [2.75, 3.05) is 5.43 Å². The summed E-state index contributed by atoms with van der Waals surface area (Å²) in [5.74, 6) is -0.400. The highest BCUT2D eigenvalue weighted by Crippen LogP contribution is 2.32. The van der Waals surface area contributed by atoms with E-state index in [1.54, 1.807) is 0 Å². The molecule has 0 unspecified atom stereocenters. The van der Waals surface area contributed by atoms with E-state index in [-0.39, 0.29) is 28.0 Å². The van der Waals surface area contributed by atoms with Crippen LogP contribution in [0, 0.1) is 0 Å². The van der Waals surface area contributed by atoms with E-state index in [1.165, 1.54) is 0 Å². The molecule has 0 radical (unpaired) electrons. The first kappa shape index (κ1) is 16.3. The highest BCUT2D eigenvalue weighted by atomic mass is 35.5. The fourth-order valence-corrected chi connectivity index (χ4v) is 2.03. The molecule has 1 heterocycles. The van der Waals surface area contributed by atoms with Gasteiger partial charge in [-0.25, -0.2) is 4.98 Å². The van der Waals surface area contributed by atoms with Crippen molar-refractivity contribution >= 4 is 29.4 Å². The van der Waals surface area contributed by atoms with Gasteiger partial charge in [-0.1, -0.05) is 11.6 Å². The molecule has 0 aromatic carbocycles. The minimum atomic E-state index is -4.54. The molecule has 2 rings (SSSR count). The largest absolute Gasteiger partial charge is 0.512 e. The first-order valence-electron chi connectivity index (χ1n) is 6.26. The zero-order valence-corrected chi connectivity index (χ0v) is 11.9. The SMILES string of the molecule is O=C1CCCC(O)=C1C=NNc1ncc(C(F)(F)F)cc1Cl. The molecule has 1 aliphatic rings. The first-order valence-corrected chi connectivity index (χ1v) is 6.64. The summed E-state index contributed by atoms with van der Waals surface area (Å²) in [6, 6.07) is 0.717. The summed E-state index contributed by atoms with van der Waals surface area (Å²) in [5, 5.41) is 13.0. The van der Waals surface area contributed by atoms with Crippen LogP contribution in [0.25, 0.3) is 0 Å². The molecule has 118 valence electrons. The van der Waals surface area contributed by atoms with E-state index in [2.05, 4.69) is 15.5 Å². The lowest BCUT2D eigenvalue weighted by Crippen LogP contribution is -2.13. The number of aliphatic hydroxyl groups excluding tert-OH is 1. The number of hydrogen-bond donors (Lipinski definition) is 2. The molecule has 1 aliphatic carbocycles. The second kappa shape index (κ2) is 6.35. The summed E-state index contributed by atoms with van der Waals surface area (Å²) in [6.07, 6.45) is -1.55. The van der Waals surface area contributed by atoms with Gasteiger partial charge in [0.15, 0.2) is 11.6 Å². The van der Waals surface area contributed by atoms with Crippen LogP contribution in [-0.2, 0) is 11.0 Å². The third kappa shape index (κ3) is 3.76. The maximum atomic E-state index is 12.5. The second-order valence-electron chi connectivity index (χ2n) is 4.56. The van der Waals surface area contributed by atoms with E-state index in [0.717, 1.165) is 12.3 Å². The Kier molecular flexibility index (Phi) is 4.70. The summed E-state index contributed by atoms with van der Waals surface area (Å²) in [7, 11) is 0. The Morgan fingerprint density at radius 3 is 2.73 bits per heavy atom. The normalized spacial score (nSPS) is 16.5. The van der Waals surface area contributed by atoms with E-state index >= 15 is 0 Å². The number of alkyl halides is 3. The Hall–Kier alpha value is -2.09. The van der Waals surface area contributed by atoms with Crippen LogP contribution in [0.2, 0.25) is 5.02 Å². The van der Waals surface area contributed by atoms with Gasteiger partial charge in [0.25, 0.3) is 0 Å². The molecule has 9 heteroatoms. The minimum Gasteiger partial charge on any atom is -0.512 e. The smallest absolute Gasteiger partial charge is 0.417 e. The zero-order chi connectivity index (χ0) is 16.3. The average Bonchev–Trinajstić information content (AvgIpc) is 2.42. The van der Waals surface area contributed by atoms with Crippen LogP contribution in [-0.4, -0.2) is 22.1 Å². The van der Waals surface area contributed by atoms with Gasteiger partial charge in [-0.3, -0.25) is 10.2 Å². The molecule has 0 spiro atoms. The molecule has 0 amide bonds. The molecule has 22 heavy (non-hydrogen) atoms. The van der Waals surface area contributed by atoms with E-state index in [1.807, 2.05) is 0 Å². The number of hydrazone groups is 1. The quantitative estimate of drug-likeness (QED) is 0.653. The number of aromatic nitrogens is 1. The van der Waals surface area contributed by atoms with Gasteiger partial charge in [0.1, 0.15) is 5.76 Å². The van der Waals surface area contributed by atoms with Gasteiger partial charge < -0.3 is 5.11 Å². The lowest BCUT2D eigenvalue weighted by atomic mass is 9.97. The van der Waals surface area contributed by atoms with Crippen molar-refractivity contribution in [1.82, 2.24) is 4.98 Å². The van der Waals surface area contributed by atoms with Crippen LogP contribution < -0.4 is 5.43 Å². The number of anilines is 1. The van der Waals surface area contributed by atoms with E-state index in [4.69, 9.17) is 11.6 Å². The third-order valence-corrected chi connectivity index (χ3v) is 3.25. The second-order valence-corrected chi connectivity index (χ2v) is 4.97. The Balaban J connectivity index is 2.12. The lowest BCUT2D eigenvalue weighted by molar-refractivity contribution is -0.137. The first-order chi connectivity index (χ1) is 10.3. The molecule has 0 fully saturated rings. The number of halogens is 4. The average molecular weight is 334 g/mol. The fourth-order valence-electron chi connectivity index (χ4n) is 1.83. The van der Waals surface area contributed by atoms with Crippen molar-refractivity contribution in [3.63, 3.8) is 0 Å². The van der Waals surface area contributed by atoms with Gasteiger partial charge in [-0.05, 0) is 12.5 Å². The van der Waals surface area contributed by atoms with Crippen molar-refractivity contribution in [2.45, 2.75) is 25.4 Å². The van der Waals surface area contributed by atoms with Gasteiger partial charge in [0.05, 0.1) is 22.4 Å². The lowest BCUT2D eigenvalue weighted by Gasteiger charge is -2.11. The van der Waals surface area contributed by atoms with Gasteiger partial charge in [-0.15, -0.1) is 0 Å². The monoisotopic (exact) mass is 333 g/mol. The molecular weight excluding hydrogens is 323 g/mol. The summed E-state index contributed by atoms with van der Waals surface area (Å²) < 4.78 is 37.4. The number of carbonyl (C=O) groups excluding carboxylic acids is 1. The van der Waals surface area contributed by atoms with Crippen molar-refractivity contribution in [3.8, 4) is 0 Å². The van der Waals surface area contributed by atoms with Crippen LogP contribution in [0.4, 0.5) is 19.0 Å². The van der Waals surface area contributed by atoms with Gasteiger partial charge >= 0.3 is 6.18 Å². The molecular formula is C13H11ClF3N3O2. The topological polar surface area (TPSA) is 74.6 Å². The third-order valence-electron chi connectivity index (χ3n) is 2.96. The number of rotatable bonds is 3. The van der Waals surface area contributed by atoms with Gasteiger partial charge in [0.2, 0.25) is 0 Å². The number of Topliss-reactive ketones (excluding diaryl/α,β-unsaturated/α-hetero) is 1. The summed E-state index contributed by atoms with van der Waals surface area (Å²) in [5.41, 5.74) is 1.44. The van der Waals surface area contributed by atoms with Crippen molar-refractivity contribution in [1.29, 1.82) is 0 Å². The van der Waals surface area contributed by atoms with Crippen molar-refractivity contribution in [3.05, 3.63) is 34.2 Å². The minimum absolute atomic E-state index is 0.0618. The molecule has 2 N–H and O–H groups in total. The maximum absolute atomic E-state index is 12.5. The molecule has 5 nitrogen and oxygen atoms in total. The number of hydrogen-bond acceptors (Lipinski definition) is 5. The van der Waals surface area contributed by atoms with Crippen molar-refractivity contribution in [2.24, 2.45) is 5.10 Å². The highest BCUT2D eigenvalue weighted by molar-refractivity contribution is 6.33. The molecule has 0 aliphatic heterocycles. The summed E-state index contributed by atoms with van der Waals surface area (Å²) >= 11 is 5.69. The number of pyridine rings is 1. The fraction of sp³-hybridized carbons (Fsp3) is 0.308. The Morgan fingerprint density at radius 2 is 2.14 bits per heavy atom. The zero-order valence-electron chi connectivity index (χ0n) is 11.1. The van der Waals surface area contributed by atoms with Crippen LogP contribution in [0.5, 0.6) is 0 Å². The molecule has 1 aromatic heterocycles. The van der Waals surface area contributed by atoms with Crippen molar-refractivity contribution < 1.29 is 23.1 Å². The summed E-state index contributed by atoms with van der Waals surface area (Å²) in [4.78, 5) is 15.1. The number of aliphatic hydroxyl groups is 1. The molecule has 1 aromatic rings. The summed E-state index contributed by atoms with van der Waals surface area (Å²) in [6.45, 7) is 0. The van der Waals surface area contributed by atoms with Crippen LogP contribution >= 0.6 is 11.6 Å². The van der Waals surface area contributed by atoms with Gasteiger partial charge in [-0.2, -0.15) is 18.3 Å². The predicted molar refractivity (Wildman–Crippen MR) is 74.9 cm³/mol. The standard InChI is InChI=1S/C13H11ClF3N3O2/c14-9-4-7(13(15,16)17)5-18-12(9)20-19-6-8-10(21)2-1-3-11(8)22/h4-6,21H,1-3H2,(H,18,20). The molecule has 0 atom stereocenters. The number of nitrogens with one attached hydrogen (secondary N) is 1. The molecule has 0 saturated carbocycles. The Bertz CT molecular complexity index is 656. The molecule has 0 bridgehead atoms. The Labute approximate surface area is 128 Å². The maximum Gasteiger partial charge on any atom is 0.417 e. The van der Waals surface area contributed by atoms with E-state index in [9.17, 15) is 23.1 Å². The van der Waals surface area contributed by atoms with Crippen LogP contribution in [0.15, 0.2) is 28.7 Å².